The predicted octanol–water partition coefficient (Wildman–Crippen LogP) is 4.14. The highest BCUT2D eigenvalue weighted by atomic mass is 32.2. The van der Waals surface area contributed by atoms with Crippen LogP contribution in [0, 0.1) is 0 Å². The summed E-state index contributed by atoms with van der Waals surface area (Å²) in [5, 5.41) is 2.46. The van der Waals surface area contributed by atoms with Crippen LogP contribution in [0.2, 0.25) is 0 Å². The van der Waals surface area contributed by atoms with Gasteiger partial charge in [-0.2, -0.15) is 0 Å². The predicted molar refractivity (Wildman–Crippen MR) is 114 cm³/mol. The Morgan fingerprint density at radius 1 is 1.19 bits per heavy atom. The molecule has 4 rings (SSSR count). The lowest BCUT2D eigenvalue weighted by Gasteiger charge is -2.10. The first-order valence-corrected chi connectivity index (χ1v) is 11.1. The van der Waals surface area contributed by atoms with Crippen LogP contribution in [0.5, 0.6) is 11.5 Å². The molecule has 7 nitrogen and oxygen atoms in total. The zero-order valence-electron chi connectivity index (χ0n) is 15.9. The number of alkyl halides is 2. The van der Waals surface area contributed by atoms with Crippen molar-refractivity contribution < 1.29 is 32.6 Å². The first kappa shape index (κ1) is 21.4. The van der Waals surface area contributed by atoms with Crippen molar-refractivity contribution in [3.05, 3.63) is 53.6 Å². The van der Waals surface area contributed by atoms with Crippen LogP contribution in [0.4, 0.5) is 14.5 Å². The summed E-state index contributed by atoms with van der Waals surface area (Å²) in [7, 11) is 0. The maximum absolute atomic E-state index is 13.1. The first-order chi connectivity index (χ1) is 14.9. The highest BCUT2D eigenvalue weighted by Crippen LogP contribution is 2.42. The van der Waals surface area contributed by atoms with Crippen LogP contribution in [0.3, 0.4) is 0 Å². The minimum Gasteiger partial charge on any atom is -0.452 e. The molecule has 0 aromatic heterocycles. The van der Waals surface area contributed by atoms with Gasteiger partial charge < -0.3 is 19.5 Å². The summed E-state index contributed by atoms with van der Waals surface area (Å²) < 4.78 is 40.9. The number of aliphatic imine (C=N–C) groups is 1. The summed E-state index contributed by atoms with van der Waals surface area (Å²) in [6.45, 7) is 0.269. The average molecular weight is 466 g/mol. The Bertz CT molecular complexity index is 1050. The third-order valence-corrected chi connectivity index (χ3v) is 6.47. The molecule has 2 aliphatic heterocycles. The molecule has 0 fully saturated rings. The van der Waals surface area contributed by atoms with E-state index in [-0.39, 0.29) is 17.2 Å². The van der Waals surface area contributed by atoms with E-state index in [0.717, 1.165) is 22.2 Å². The molecule has 2 aliphatic rings. The summed E-state index contributed by atoms with van der Waals surface area (Å²) in [5.41, 5.74) is 1.36. The number of anilines is 1. The van der Waals surface area contributed by atoms with Crippen LogP contribution in [-0.4, -0.2) is 41.5 Å². The SMILES string of the molecule is O=C(COC(=O)c1ccccc1CSC1=NCCS1)Nc1ccc2c(c1)OC(F)(F)O2. The summed E-state index contributed by atoms with van der Waals surface area (Å²) in [5.74, 6) is -0.0553. The number of carbonyl (C=O) groups excluding carboxylic acids is 2. The van der Waals surface area contributed by atoms with Crippen molar-refractivity contribution in [2.75, 3.05) is 24.2 Å². The summed E-state index contributed by atoms with van der Waals surface area (Å²) in [4.78, 5) is 29.0. The number of benzene rings is 2. The molecule has 0 radical (unpaired) electrons. The number of nitrogens with zero attached hydrogens (tertiary/aromatic N) is 1. The van der Waals surface area contributed by atoms with Gasteiger partial charge in [-0.25, -0.2) is 4.79 Å². The maximum atomic E-state index is 13.1. The quantitative estimate of drug-likeness (QED) is 0.641. The molecule has 0 atom stereocenters. The van der Waals surface area contributed by atoms with Gasteiger partial charge >= 0.3 is 12.3 Å². The Hall–Kier alpha value is -2.79. The normalized spacial score (nSPS) is 16.0. The van der Waals surface area contributed by atoms with E-state index in [2.05, 4.69) is 19.8 Å². The lowest BCUT2D eigenvalue weighted by Crippen LogP contribution is -2.25. The number of nitrogens with one attached hydrogen (secondary N) is 1. The van der Waals surface area contributed by atoms with Crippen molar-refractivity contribution in [1.82, 2.24) is 0 Å². The van der Waals surface area contributed by atoms with Gasteiger partial charge in [-0.15, -0.1) is 8.78 Å². The molecule has 1 amide bonds. The molecule has 0 unspecified atom stereocenters. The van der Waals surface area contributed by atoms with Gasteiger partial charge in [-0.1, -0.05) is 41.7 Å². The minimum atomic E-state index is -3.74. The highest BCUT2D eigenvalue weighted by molar-refractivity contribution is 8.38. The number of fused-ring (bicyclic) bond motifs is 1. The fraction of sp³-hybridized carbons (Fsp3) is 0.250. The molecule has 162 valence electrons. The van der Waals surface area contributed by atoms with E-state index in [4.69, 9.17) is 4.74 Å². The number of hydrogen-bond acceptors (Lipinski definition) is 8. The number of ether oxygens (including phenoxy) is 3. The molecule has 2 aromatic rings. The second-order valence-electron chi connectivity index (χ2n) is 6.40. The van der Waals surface area contributed by atoms with E-state index in [1.807, 2.05) is 12.1 Å². The maximum Gasteiger partial charge on any atom is 0.586 e. The molecule has 0 spiro atoms. The van der Waals surface area contributed by atoms with Crippen LogP contribution in [0.1, 0.15) is 15.9 Å². The van der Waals surface area contributed by atoms with Crippen molar-refractivity contribution in [2.24, 2.45) is 4.99 Å². The number of hydrogen-bond donors (Lipinski definition) is 1. The standard InChI is InChI=1S/C20H16F2N2O5S2/c21-20(22)28-15-6-5-13(9-16(15)29-20)24-17(25)10-27-18(26)14-4-2-1-3-12(14)11-31-19-23-7-8-30-19/h1-6,9H,7-8,10-11H2,(H,24,25). The fourth-order valence-corrected chi connectivity index (χ4v) is 4.83. The largest absolute Gasteiger partial charge is 0.586 e. The van der Waals surface area contributed by atoms with E-state index in [1.54, 1.807) is 35.7 Å². The van der Waals surface area contributed by atoms with E-state index in [0.29, 0.717) is 11.3 Å². The van der Waals surface area contributed by atoms with E-state index >= 15 is 0 Å². The monoisotopic (exact) mass is 466 g/mol. The Kier molecular flexibility index (Phi) is 6.33. The van der Waals surface area contributed by atoms with Gasteiger partial charge in [-0.3, -0.25) is 9.79 Å². The molecular formula is C20H16F2N2O5S2. The smallest absolute Gasteiger partial charge is 0.452 e. The van der Waals surface area contributed by atoms with Crippen LogP contribution in [0.15, 0.2) is 47.5 Å². The van der Waals surface area contributed by atoms with Gasteiger partial charge in [-0.05, 0) is 23.8 Å². The number of amides is 1. The molecule has 0 saturated carbocycles. The molecule has 2 heterocycles. The van der Waals surface area contributed by atoms with Gasteiger partial charge in [0.15, 0.2) is 18.1 Å². The second-order valence-corrected chi connectivity index (χ2v) is 8.70. The number of halogens is 2. The Balaban J connectivity index is 1.31. The number of thioether (sulfide) groups is 2. The summed E-state index contributed by atoms with van der Waals surface area (Å²) >= 11 is 3.24. The zero-order valence-corrected chi connectivity index (χ0v) is 17.6. The average Bonchev–Trinajstić information content (AvgIpc) is 3.36. The van der Waals surface area contributed by atoms with Crippen molar-refractivity contribution in [1.29, 1.82) is 0 Å². The zero-order chi connectivity index (χ0) is 21.8. The Morgan fingerprint density at radius 3 is 2.81 bits per heavy atom. The van der Waals surface area contributed by atoms with Crippen LogP contribution in [-0.2, 0) is 15.3 Å². The number of rotatable bonds is 6. The fourth-order valence-electron chi connectivity index (χ4n) is 2.82. The first-order valence-electron chi connectivity index (χ1n) is 9.14. The second kappa shape index (κ2) is 9.15. The van der Waals surface area contributed by atoms with Crippen molar-refractivity contribution >= 4 is 45.5 Å². The third kappa shape index (κ3) is 5.47. The topological polar surface area (TPSA) is 86.2 Å². The molecule has 2 aromatic carbocycles. The van der Waals surface area contributed by atoms with Gasteiger partial charge in [0, 0.05) is 23.3 Å². The summed E-state index contributed by atoms with van der Waals surface area (Å²) in [6.07, 6.45) is -3.74. The van der Waals surface area contributed by atoms with Gasteiger partial charge in [0.2, 0.25) is 0 Å². The van der Waals surface area contributed by atoms with Crippen LogP contribution < -0.4 is 14.8 Å². The van der Waals surface area contributed by atoms with Crippen LogP contribution in [0.25, 0.3) is 0 Å². The van der Waals surface area contributed by atoms with Gasteiger partial charge in [0.25, 0.3) is 5.91 Å². The molecule has 31 heavy (non-hydrogen) atoms. The molecule has 0 bridgehead atoms. The molecule has 11 heteroatoms. The van der Waals surface area contributed by atoms with E-state index < -0.39 is 24.8 Å². The van der Waals surface area contributed by atoms with Crippen molar-refractivity contribution in [2.45, 2.75) is 12.0 Å². The van der Waals surface area contributed by atoms with E-state index in [9.17, 15) is 18.4 Å². The molecular weight excluding hydrogens is 450 g/mol. The lowest BCUT2D eigenvalue weighted by atomic mass is 10.1. The Labute approximate surface area is 184 Å². The van der Waals surface area contributed by atoms with Crippen molar-refractivity contribution in [3.63, 3.8) is 0 Å². The lowest BCUT2D eigenvalue weighted by molar-refractivity contribution is -0.286. The van der Waals surface area contributed by atoms with Gasteiger partial charge in [0.1, 0.15) is 4.38 Å². The van der Waals surface area contributed by atoms with Crippen molar-refractivity contribution in [3.8, 4) is 11.5 Å². The summed E-state index contributed by atoms with van der Waals surface area (Å²) in [6, 6.07) is 10.8. The minimum absolute atomic E-state index is 0.133. The molecule has 0 aliphatic carbocycles. The van der Waals surface area contributed by atoms with Crippen LogP contribution >= 0.6 is 23.5 Å². The number of carbonyl (C=O) groups is 2. The van der Waals surface area contributed by atoms with E-state index in [1.165, 1.54) is 18.2 Å². The molecule has 0 saturated heterocycles. The molecule has 1 N–H and O–H groups in total. The number of esters is 1. The third-order valence-electron chi connectivity index (χ3n) is 4.17. The van der Waals surface area contributed by atoms with Gasteiger partial charge in [0.05, 0.1) is 12.1 Å². The highest BCUT2D eigenvalue weighted by Gasteiger charge is 2.43. The Morgan fingerprint density at radius 2 is 2.00 bits per heavy atom.